The second kappa shape index (κ2) is 11.5. The van der Waals surface area contributed by atoms with Crippen molar-refractivity contribution in [2.24, 2.45) is 0 Å². The predicted molar refractivity (Wildman–Crippen MR) is 221 cm³/mol. The molecule has 1 aliphatic rings. The lowest BCUT2D eigenvalue weighted by Crippen LogP contribution is -2.19. The molecule has 3 aromatic heterocycles. The molecule has 0 aliphatic heterocycles. The molecule has 11 rings (SSSR count). The first kappa shape index (κ1) is 30.6. The van der Waals surface area contributed by atoms with E-state index in [1.165, 1.54) is 27.6 Å². The molecule has 10 aromatic rings. The van der Waals surface area contributed by atoms with E-state index in [1.54, 1.807) is 0 Å². The fourth-order valence-electron chi connectivity index (χ4n) is 8.99. The average Bonchev–Trinajstić information content (AvgIpc) is 3.69. The number of hydrogen-bond donors (Lipinski definition) is 0. The normalized spacial score (nSPS) is 13.1. The van der Waals surface area contributed by atoms with Crippen molar-refractivity contribution in [3.05, 3.63) is 175 Å². The van der Waals surface area contributed by atoms with E-state index in [1.807, 2.05) is 12.3 Å². The zero-order chi connectivity index (χ0) is 36.0. The van der Waals surface area contributed by atoms with Gasteiger partial charge in [0.15, 0.2) is 17.5 Å². The summed E-state index contributed by atoms with van der Waals surface area (Å²) in [5.41, 5.74) is 10.7. The number of rotatable bonds is 4. The SMILES string of the molecule is CC1(C)c2c(-c3nc(-c4cccc5ccccc45)nc(-c4cccc5ccccc45)n3)cccc2-c2cccc(-n3c4ccccc4c4cccnc43)c21. The van der Waals surface area contributed by atoms with Crippen LogP contribution in [0.3, 0.4) is 0 Å². The minimum absolute atomic E-state index is 0.407. The van der Waals surface area contributed by atoms with E-state index in [2.05, 4.69) is 170 Å². The second-order valence-corrected chi connectivity index (χ2v) is 14.6. The Kier molecular flexibility index (Phi) is 6.53. The number of benzene rings is 7. The van der Waals surface area contributed by atoms with Gasteiger partial charge >= 0.3 is 0 Å². The molecular weight excluding hydrogens is 659 g/mol. The molecule has 0 spiro atoms. The van der Waals surface area contributed by atoms with E-state index in [-0.39, 0.29) is 0 Å². The summed E-state index contributed by atoms with van der Waals surface area (Å²) in [5.74, 6) is 1.97. The summed E-state index contributed by atoms with van der Waals surface area (Å²) >= 11 is 0. The van der Waals surface area contributed by atoms with Crippen molar-refractivity contribution < 1.29 is 0 Å². The minimum atomic E-state index is -0.407. The summed E-state index contributed by atoms with van der Waals surface area (Å²) in [4.78, 5) is 20.9. The van der Waals surface area contributed by atoms with Gasteiger partial charge in [0.25, 0.3) is 0 Å². The molecule has 0 fully saturated rings. The van der Waals surface area contributed by atoms with Gasteiger partial charge in [-0.25, -0.2) is 19.9 Å². The van der Waals surface area contributed by atoms with Gasteiger partial charge in [0, 0.05) is 39.1 Å². The first-order valence-electron chi connectivity index (χ1n) is 18.4. The lowest BCUT2D eigenvalue weighted by molar-refractivity contribution is 0.657. The molecule has 7 aromatic carbocycles. The van der Waals surface area contributed by atoms with Crippen LogP contribution in [0.4, 0.5) is 0 Å². The maximum atomic E-state index is 5.35. The Bertz CT molecular complexity index is 2990. The summed E-state index contributed by atoms with van der Waals surface area (Å²) in [5, 5.41) is 6.85. The van der Waals surface area contributed by atoms with Crippen molar-refractivity contribution in [2.75, 3.05) is 0 Å². The van der Waals surface area contributed by atoms with Gasteiger partial charge in [-0.3, -0.25) is 4.57 Å². The van der Waals surface area contributed by atoms with Crippen LogP contribution in [0.25, 0.3) is 94.5 Å². The second-order valence-electron chi connectivity index (χ2n) is 14.6. The van der Waals surface area contributed by atoms with Gasteiger partial charge in [0.1, 0.15) is 5.65 Å². The monoisotopic (exact) mass is 691 g/mol. The lowest BCUT2D eigenvalue weighted by atomic mass is 9.79. The number of nitrogens with zero attached hydrogens (tertiary/aromatic N) is 5. The quantitative estimate of drug-likeness (QED) is 0.184. The van der Waals surface area contributed by atoms with Crippen LogP contribution in [0, 0.1) is 0 Å². The van der Waals surface area contributed by atoms with Crippen LogP contribution < -0.4 is 0 Å². The summed E-state index contributed by atoms with van der Waals surface area (Å²) in [6, 6.07) is 55.6. The van der Waals surface area contributed by atoms with Gasteiger partial charge in [0.2, 0.25) is 0 Å². The molecule has 0 amide bonds. The topological polar surface area (TPSA) is 56.5 Å². The molecule has 0 radical (unpaired) electrons. The fourth-order valence-corrected chi connectivity index (χ4v) is 8.99. The van der Waals surface area contributed by atoms with E-state index < -0.39 is 5.41 Å². The fraction of sp³-hybridized carbons (Fsp3) is 0.0612. The third-order valence-electron chi connectivity index (χ3n) is 11.3. The van der Waals surface area contributed by atoms with Crippen molar-refractivity contribution in [2.45, 2.75) is 19.3 Å². The van der Waals surface area contributed by atoms with E-state index in [0.29, 0.717) is 17.5 Å². The highest BCUT2D eigenvalue weighted by Gasteiger charge is 2.41. The first-order valence-corrected chi connectivity index (χ1v) is 18.4. The zero-order valence-corrected chi connectivity index (χ0v) is 29.8. The molecule has 0 bridgehead atoms. The van der Waals surface area contributed by atoms with E-state index in [9.17, 15) is 0 Å². The highest BCUT2D eigenvalue weighted by atomic mass is 15.1. The summed E-state index contributed by atoms with van der Waals surface area (Å²) in [6.45, 7) is 4.68. The third-order valence-corrected chi connectivity index (χ3v) is 11.3. The Morgan fingerprint density at radius 3 is 1.57 bits per heavy atom. The molecule has 5 nitrogen and oxygen atoms in total. The van der Waals surface area contributed by atoms with Crippen LogP contribution in [0.15, 0.2) is 164 Å². The van der Waals surface area contributed by atoms with Crippen LogP contribution >= 0.6 is 0 Å². The van der Waals surface area contributed by atoms with Crippen LogP contribution in [-0.2, 0) is 5.41 Å². The maximum Gasteiger partial charge on any atom is 0.164 e. The Morgan fingerprint density at radius 1 is 0.407 bits per heavy atom. The third kappa shape index (κ3) is 4.39. The predicted octanol–water partition coefficient (Wildman–Crippen LogP) is 12.0. The molecule has 0 saturated carbocycles. The zero-order valence-electron chi connectivity index (χ0n) is 29.8. The average molecular weight is 692 g/mol. The van der Waals surface area contributed by atoms with Gasteiger partial charge in [-0.1, -0.05) is 147 Å². The van der Waals surface area contributed by atoms with Gasteiger partial charge in [-0.2, -0.15) is 0 Å². The number of hydrogen-bond acceptors (Lipinski definition) is 4. The molecule has 1 aliphatic carbocycles. The first-order chi connectivity index (χ1) is 26.6. The van der Waals surface area contributed by atoms with Crippen molar-refractivity contribution in [1.29, 1.82) is 0 Å². The van der Waals surface area contributed by atoms with E-state index in [0.717, 1.165) is 60.5 Å². The Labute approximate surface area is 312 Å². The maximum absolute atomic E-state index is 5.35. The van der Waals surface area contributed by atoms with Crippen LogP contribution in [0.1, 0.15) is 25.0 Å². The molecule has 54 heavy (non-hydrogen) atoms. The van der Waals surface area contributed by atoms with Crippen LogP contribution in [0.2, 0.25) is 0 Å². The van der Waals surface area contributed by atoms with Crippen LogP contribution in [-0.4, -0.2) is 24.5 Å². The Morgan fingerprint density at radius 2 is 0.889 bits per heavy atom. The minimum Gasteiger partial charge on any atom is -0.294 e. The van der Waals surface area contributed by atoms with Gasteiger partial charge in [-0.05, 0) is 68.1 Å². The van der Waals surface area contributed by atoms with Crippen molar-refractivity contribution in [3.8, 4) is 51.0 Å². The molecule has 0 saturated heterocycles. The van der Waals surface area contributed by atoms with Crippen molar-refractivity contribution in [3.63, 3.8) is 0 Å². The molecule has 254 valence electrons. The molecular formula is C49H33N5. The number of fused-ring (bicyclic) bond motifs is 8. The van der Waals surface area contributed by atoms with Gasteiger partial charge < -0.3 is 0 Å². The standard InChI is InChI=1S/C49H33N5/c1-49(2)43-35(36-22-12-28-42(44(36)49)54-41-27-8-7-20-34(41)39-26-13-29-50-48(39)54)21-11-25-40(43)47-52-45(37-23-9-16-30-14-3-5-18-32(30)37)51-46(53-47)38-24-10-17-31-15-4-6-19-33(31)38/h3-29H,1-2H3. The highest BCUT2D eigenvalue weighted by molar-refractivity contribution is 6.08. The largest absolute Gasteiger partial charge is 0.294 e. The summed E-state index contributed by atoms with van der Waals surface area (Å²) < 4.78 is 2.34. The molecule has 0 unspecified atom stereocenters. The van der Waals surface area contributed by atoms with Crippen LogP contribution in [0.5, 0.6) is 0 Å². The van der Waals surface area contributed by atoms with Gasteiger partial charge in [-0.15, -0.1) is 0 Å². The Hall–Kier alpha value is -6.98. The summed E-state index contributed by atoms with van der Waals surface area (Å²) in [7, 11) is 0. The number of para-hydroxylation sites is 1. The molecule has 0 N–H and O–H groups in total. The van der Waals surface area contributed by atoms with Crippen molar-refractivity contribution in [1.82, 2.24) is 24.5 Å². The lowest BCUT2D eigenvalue weighted by Gasteiger charge is -2.27. The number of pyridine rings is 1. The number of aromatic nitrogens is 5. The smallest absolute Gasteiger partial charge is 0.164 e. The highest BCUT2D eigenvalue weighted by Crippen LogP contribution is 2.54. The van der Waals surface area contributed by atoms with E-state index in [4.69, 9.17) is 19.9 Å². The Balaban J connectivity index is 1.17. The van der Waals surface area contributed by atoms with E-state index >= 15 is 0 Å². The summed E-state index contributed by atoms with van der Waals surface area (Å²) in [6.07, 6.45) is 1.89. The molecule has 5 heteroatoms. The van der Waals surface area contributed by atoms with Gasteiger partial charge in [0.05, 0.1) is 11.2 Å². The molecule has 0 atom stereocenters. The molecule has 3 heterocycles. The van der Waals surface area contributed by atoms with Crippen molar-refractivity contribution >= 4 is 43.5 Å².